The van der Waals surface area contributed by atoms with Gasteiger partial charge in [-0.1, -0.05) is 29.3 Å². The van der Waals surface area contributed by atoms with Gasteiger partial charge in [0, 0.05) is 19.2 Å². The van der Waals surface area contributed by atoms with Crippen LogP contribution in [0.2, 0.25) is 10.0 Å². The number of nitrogens with zero attached hydrogens (tertiary/aromatic N) is 3. The lowest BCUT2D eigenvalue weighted by Gasteiger charge is -2.28. The zero-order valence-electron chi connectivity index (χ0n) is 13.1. The van der Waals surface area contributed by atoms with Gasteiger partial charge < -0.3 is 15.0 Å². The van der Waals surface area contributed by atoms with Crippen LogP contribution in [0.3, 0.4) is 0 Å². The van der Waals surface area contributed by atoms with Gasteiger partial charge in [-0.25, -0.2) is 9.97 Å². The minimum atomic E-state index is -0.362. The molecule has 0 spiro atoms. The summed E-state index contributed by atoms with van der Waals surface area (Å²) in [7, 11) is 0. The Morgan fingerprint density at radius 3 is 2.75 bits per heavy atom. The lowest BCUT2D eigenvalue weighted by atomic mass is 10.3. The number of hydrogen-bond acceptors (Lipinski definition) is 5. The van der Waals surface area contributed by atoms with E-state index in [1.165, 1.54) is 0 Å². The molecule has 1 fully saturated rings. The summed E-state index contributed by atoms with van der Waals surface area (Å²) < 4.78 is 5.34. The zero-order valence-corrected chi connectivity index (χ0v) is 14.6. The number of carbonyl (C=O) groups excluding carboxylic acids is 1. The van der Waals surface area contributed by atoms with E-state index in [1.807, 2.05) is 0 Å². The number of amides is 1. The Morgan fingerprint density at radius 1 is 1.25 bits per heavy atom. The molecule has 8 heteroatoms. The number of carbonyl (C=O) groups is 1. The largest absolute Gasteiger partial charge is 0.378 e. The quantitative estimate of drug-likeness (QED) is 0.903. The molecule has 24 heavy (non-hydrogen) atoms. The smallest absolute Gasteiger partial charge is 0.274 e. The van der Waals surface area contributed by atoms with E-state index in [9.17, 15) is 4.79 Å². The predicted octanol–water partition coefficient (Wildman–Crippen LogP) is 3.18. The number of halogens is 2. The van der Waals surface area contributed by atoms with Crippen molar-refractivity contribution in [3.63, 3.8) is 0 Å². The van der Waals surface area contributed by atoms with Crippen LogP contribution in [0, 0.1) is 6.92 Å². The number of morpholine rings is 1. The van der Waals surface area contributed by atoms with Crippen LogP contribution >= 0.6 is 23.2 Å². The van der Waals surface area contributed by atoms with Gasteiger partial charge in [0.2, 0.25) is 0 Å². The third-order valence-corrected chi connectivity index (χ3v) is 4.41. The Hall–Kier alpha value is -1.89. The molecule has 3 rings (SSSR count). The minimum absolute atomic E-state index is 0.278. The number of ether oxygens (including phenoxy) is 1. The molecule has 0 saturated carbocycles. The second-order valence-electron chi connectivity index (χ2n) is 5.31. The Bertz CT molecular complexity index is 764. The van der Waals surface area contributed by atoms with Crippen LogP contribution in [0.4, 0.5) is 11.5 Å². The SMILES string of the molecule is Cc1nc(C(=O)Nc2cccc(Cl)c2Cl)cc(N2CCOCC2)n1. The van der Waals surface area contributed by atoms with Gasteiger partial charge in [-0.05, 0) is 19.1 Å². The first-order valence-corrected chi connectivity index (χ1v) is 8.24. The highest BCUT2D eigenvalue weighted by Gasteiger charge is 2.17. The van der Waals surface area contributed by atoms with Crippen molar-refractivity contribution in [3.8, 4) is 0 Å². The molecule has 1 saturated heterocycles. The summed E-state index contributed by atoms with van der Waals surface area (Å²) in [6, 6.07) is 6.73. The van der Waals surface area contributed by atoms with Crippen molar-refractivity contribution < 1.29 is 9.53 Å². The van der Waals surface area contributed by atoms with Crippen LogP contribution in [0.1, 0.15) is 16.3 Å². The monoisotopic (exact) mass is 366 g/mol. The first-order chi connectivity index (χ1) is 11.5. The first kappa shape index (κ1) is 17.0. The van der Waals surface area contributed by atoms with Gasteiger partial charge in [0.1, 0.15) is 17.3 Å². The standard InChI is InChI=1S/C16H16Cl2N4O2/c1-10-19-13(9-14(20-10)22-5-7-24-8-6-22)16(23)21-12-4-2-3-11(17)15(12)18/h2-4,9H,5-8H2,1H3,(H,21,23). The molecule has 0 aliphatic carbocycles. The summed E-state index contributed by atoms with van der Waals surface area (Å²) in [6.45, 7) is 4.51. The number of nitrogens with one attached hydrogen (secondary N) is 1. The van der Waals surface area contributed by atoms with Crippen LogP contribution in [0.5, 0.6) is 0 Å². The van der Waals surface area contributed by atoms with Crippen molar-refractivity contribution in [1.82, 2.24) is 9.97 Å². The second kappa shape index (κ2) is 7.34. The van der Waals surface area contributed by atoms with Crippen molar-refractivity contribution >= 4 is 40.6 Å². The maximum absolute atomic E-state index is 12.5. The predicted molar refractivity (Wildman–Crippen MR) is 94.2 cm³/mol. The Labute approximate surface area is 149 Å². The van der Waals surface area contributed by atoms with Gasteiger partial charge in [-0.2, -0.15) is 0 Å². The third-order valence-electron chi connectivity index (χ3n) is 3.59. The van der Waals surface area contributed by atoms with Gasteiger partial charge in [0.05, 0.1) is 28.9 Å². The van der Waals surface area contributed by atoms with Crippen LogP contribution in [0.15, 0.2) is 24.3 Å². The summed E-state index contributed by atoms with van der Waals surface area (Å²) in [5.41, 5.74) is 0.721. The van der Waals surface area contributed by atoms with Gasteiger partial charge in [0.25, 0.3) is 5.91 Å². The van der Waals surface area contributed by atoms with E-state index in [0.29, 0.717) is 40.6 Å². The normalized spacial score (nSPS) is 14.5. The minimum Gasteiger partial charge on any atom is -0.378 e. The molecule has 0 bridgehead atoms. The van der Waals surface area contributed by atoms with E-state index < -0.39 is 0 Å². The molecule has 126 valence electrons. The molecule has 1 aromatic carbocycles. The zero-order chi connectivity index (χ0) is 17.1. The number of rotatable bonds is 3. The summed E-state index contributed by atoms with van der Waals surface area (Å²) in [4.78, 5) is 23.2. The lowest BCUT2D eigenvalue weighted by molar-refractivity contribution is 0.102. The lowest BCUT2D eigenvalue weighted by Crippen LogP contribution is -2.37. The summed E-state index contributed by atoms with van der Waals surface area (Å²) >= 11 is 12.1. The van der Waals surface area contributed by atoms with E-state index in [0.717, 1.165) is 13.1 Å². The fraction of sp³-hybridized carbons (Fsp3) is 0.312. The van der Waals surface area contributed by atoms with Crippen molar-refractivity contribution in [2.45, 2.75) is 6.92 Å². The highest BCUT2D eigenvalue weighted by Crippen LogP contribution is 2.29. The topological polar surface area (TPSA) is 67.4 Å². The van der Waals surface area contributed by atoms with E-state index in [4.69, 9.17) is 27.9 Å². The average molecular weight is 367 g/mol. The third kappa shape index (κ3) is 3.77. The van der Waals surface area contributed by atoms with Gasteiger partial charge in [0.15, 0.2) is 0 Å². The highest BCUT2D eigenvalue weighted by molar-refractivity contribution is 6.44. The molecule has 2 aromatic rings. The average Bonchev–Trinajstić information content (AvgIpc) is 2.59. The molecule has 6 nitrogen and oxygen atoms in total. The number of hydrogen-bond donors (Lipinski definition) is 1. The number of aryl methyl sites for hydroxylation is 1. The van der Waals surface area contributed by atoms with Gasteiger partial charge in [-0.15, -0.1) is 0 Å². The van der Waals surface area contributed by atoms with Crippen LogP contribution in [0.25, 0.3) is 0 Å². The molecule has 1 amide bonds. The Morgan fingerprint density at radius 2 is 2.00 bits per heavy atom. The summed E-state index contributed by atoms with van der Waals surface area (Å²) in [5, 5.41) is 3.41. The molecular formula is C16H16Cl2N4O2. The Kier molecular flexibility index (Phi) is 5.18. The number of anilines is 2. The molecular weight excluding hydrogens is 351 g/mol. The molecule has 1 N–H and O–H groups in total. The Balaban J connectivity index is 1.84. The fourth-order valence-corrected chi connectivity index (χ4v) is 2.76. The second-order valence-corrected chi connectivity index (χ2v) is 6.10. The maximum atomic E-state index is 12.5. The molecule has 1 aromatic heterocycles. The van der Waals surface area contributed by atoms with Crippen molar-refractivity contribution in [2.75, 3.05) is 36.5 Å². The van der Waals surface area contributed by atoms with E-state index in [2.05, 4.69) is 20.2 Å². The molecule has 0 radical (unpaired) electrons. The molecule has 0 atom stereocenters. The van der Waals surface area contributed by atoms with Crippen LogP contribution < -0.4 is 10.2 Å². The van der Waals surface area contributed by atoms with Crippen LogP contribution in [-0.4, -0.2) is 42.2 Å². The van der Waals surface area contributed by atoms with Crippen molar-refractivity contribution in [3.05, 3.63) is 45.8 Å². The number of benzene rings is 1. The van der Waals surface area contributed by atoms with Gasteiger partial charge in [-0.3, -0.25) is 4.79 Å². The van der Waals surface area contributed by atoms with E-state index >= 15 is 0 Å². The molecule has 1 aliphatic rings. The van der Waals surface area contributed by atoms with Gasteiger partial charge >= 0.3 is 0 Å². The van der Waals surface area contributed by atoms with Crippen molar-refractivity contribution in [2.24, 2.45) is 0 Å². The first-order valence-electron chi connectivity index (χ1n) is 7.48. The number of aromatic nitrogens is 2. The van der Waals surface area contributed by atoms with E-state index in [-0.39, 0.29) is 11.6 Å². The molecule has 2 heterocycles. The fourth-order valence-electron chi connectivity index (χ4n) is 2.41. The molecule has 1 aliphatic heterocycles. The summed E-state index contributed by atoms with van der Waals surface area (Å²) in [6.07, 6.45) is 0. The molecule has 0 unspecified atom stereocenters. The van der Waals surface area contributed by atoms with E-state index in [1.54, 1.807) is 31.2 Å². The van der Waals surface area contributed by atoms with Crippen LogP contribution in [-0.2, 0) is 4.74 Å². The maximum Gasteiger partial charge on any atom is 0.274 e. The van der Waals surface area contributed by atoms with Crippen molar-refractivity contribution in [1.29, 1.82) is 0 Å². The highest BCUT2D eigenvalue weighted by atomic mass is 35.5. The summed E-state index contributed by atoms with van der Waals surface area (Å²) in [5.74, 6) is 0.883.